The van der Waals surface area contributed by atoms with E-state index in [9.17, 15) is 0 Å². The lowest BCUT2D eigenvalue weighted by Crippen LogP contribution is -2.43. The Kier molecular flexibility index (Phi) is 8.64. The van der Waals surface area contributed by atoms with Crippen LogP contribution in [0.25, 0.3) is 11.3 Å². The number of nitrogens with one attached hydrogen (secondary N) is 2. The number of ether oxygens (including phenoxy) is 1. The average Bonchev–Trinajstić information content (AvgIpc) is 3.01. The summed E-state index contributed by atoms with van der Waals surface area (Å²) in [5, 5.41) is 10.5. The summed E-state index contributed by atoms with van der Waals surface area (Å²) >= 11 is 0. The van der Waals surface area contributed by atoms with Gasteiger partial charge in [0, 0.05) is 31.8 Å². The number of hydrogen-bond donors (Lipinski definition) is 2. The van der Waals surface area contributed by atoms with E-state index >= 15 is 0 Å². The fourth-order valence-corrected chi connectivity index (χ4v) is 2.03. The van der Waals surface area contributed by atoms with Gasteiger partial charge in [0.05, 0.1) is 13.2 Å². The van der Waals surface area contributed by atoms with Crippen LogP contribution in [0.15, 0.2) is 45.9 Å². The molecule has 2 rings (SSSR count). The number of aromatic nitrogens is 1. The van der Waals surface area contributed by atoms with Crippen molar-refractivity contribution in [3.63, 3.8) is 0 Å². The molecule has 2 aromatic rings. The van der Waals surface area contributed by atoms with Crippen LogP contribution >= 0.6 is 24.0 Å². The Morgan fingerprint density at radius 1 is 1.35 bits per heavy atom. The molecule has 0 saturated heterocycles. The molecule has 0 amide bonds. The first kappa shape index (κ1) is 19.4. The van der Waals surface area contributed by atoms with Gasteiger partial charge in [-0.3, -0.25) is 4.99 Å². The van der Waals surface area contributed by atoms with E-state index in [0.717, 1.165) is 17.0 Å². The van der Waals surface area contributed by atoms with Crippen molar-refractivity contribution in [1.29, 1.82) is 0 Å². The van der Waals surface area contributed by atoms with Crippen molar-refractivity contribution in [2.75, 3.05) is 20.8 Å². The Morgan fingerprint density at radius 2 is 2.09 bits per heavy atom. The van der Waals surface area contributed by atoms with Crippen LogP contribution in [0.2, 0.25) is 0 Å². The molecule has 7 heteroatoms. The molecule has 1 heterocycles. The highest BCUT2D eigenvalue weighted by Gasteiger charge is 2.08. The molecule has 0 aliphatic rings. The molecule has 0 bridgehead atoms. The lowest BCUT2D eigenvalue weighted by molar-refractivity contribution is 0.179. The highest BCUT2D eigenvalue weighted by Crippen LogP contribution is 2.19. The quantitative estimate of drug-likeness (QED) is 0.419. The van der Waals surface area contributed by atoms with Crippen molar-refractivity contribution in [2.45, 2.75) is 19.5 Å². The van der Waals surface area contributed by atoms with Crippen molar-refractivity contribution in [3.05, 3.63) is 42.1 Å². The summed E-state index contributed by atoms with van der Waals surface area (Å²) in [6, 6.07) is 12.0. The van der Waals surface area contributed by atoms with Gasteiger partial charge in [-0.1, -0.05) is 35.5 Å². The van der Waals surface area contributed by atoms with Gasteiger partial charge < -0.3 is 19.9 Å². The lowest BCUT2D eigenvalue weighted by atomic mass is 10.2. The predicted molar refractivity (Wildman–Crippen MR) is 102 cm³/mol. The number of methoxy groups -OCH3 is 1. The monoisotopic (exact) mass is 430 g/mol. The fraction of sp³-hybridized carbons (Fsp3) is 0.375. The standard InChI is InChI=1S/C16H22N4O2.HI/c1-12(11-21-3)19-16(17-2)18-10-14-9-15(22-20-14)13-7-5-4-6-8-13;/h4-9,12H,10-11H2,1-3H3,(H2,17,18,19);1H. The van der Waals surface area contributed by atoms with E-state index in [2.05, 4.69) is 20.8 Å². The number of guanidine groups is 1. The molecular formula is C16H23IN4O2. The van der Waals surface area contributed by atoms with E-state index in [0.29, 0.717) is 19.1 Å². The molecule has 0 spiro atoms. The Morgan fingerprint density at radius 3 is 2.74 bits per heavy atom. The van der Waals surface area contributed by atoms with Gasteiger partial charge in [-0.05, 0) is 6.92 Å². The summed E-state index contributed by atoms with van der Waals surface area (Å²) in [5.74, 6) is 1.46. The second-order valence-corrected chi connectivity index (χ2v) is 4.98. The molecule has 1 aromatic heterocycles. The number of rotatable bonds is 6. The van der Waals surface area contributed by atoms with E-state index in [1.807, 2.05) is 43.3 Å². The third-order valence-corrected chi connectivity index (χ3v) is 3.08. The zero-order valence-corrected chi connectivity index (χ0v) is 15.9. The van der Waals surface area contributed by atoms with Gasteiger partial charge in [0.1, 0.15) is 5.69 Å². The average molecular weight is 430 g/mol. The van der Waals surface area contributed by atoms with Gasteiger partial charge in [0.2, 0.25) is 0 Å². The van der Waals surface area contributed by atoms with E-state index < -0.39 is 0 Å². The van der Waals surface area contributed by atoms with Crippen LogP contribution in [0.4, 0.5) is 0 Å². The number of aliphatic imine (C=N–C) groups is 1. The first-order valence-electron chi connectivity index (χ1n) is 7.20. The van der Waals surface area contributed by atoms with E-state index in [-0.39, 0.29) is 30.0 Å². The zero-order valence-electron chi connectivity index (χ0n) is 13.6. The van der Waals surface area contributed by atoms with Crippen LogP contribution < -0.4 is 10.6 Å². The van der Waals surface area contributed by atoms with Crippen LogP contribution in [-0.4, -0.2) is 37.9 Å². The number of benzene rings is 1. The van der Waals surface area contributed by atoms with Crippen LogP contribution in [0.1, 0.15) is 12.6 Å². The normalized spacial score (nSPS) is 12.4. The van der Waals surface area contributed by atoms with E-state index in [4.69, 9.17) is 9.26 Å². The van der Waals surface area contributed by atoms with Gasteiger partial charge in [0.15, 0.2) is 11.7 Å². The third-order valence-electron chi connectivity index (χ3n) is 3.08. The Labute approximate surface area is 153 Å². The molecule has 0 saturated carbocycles. The minimum atomic E-state index is 0. The van der Waals surface area contributed by atoms with Crippen LogP contribution in [0.3, 0.4) is 0 Å². The second-order valence-electron chi connectivity index (χ2n) is 4.98. The van der Waals surface area contributed by atoms with E-state index in [1.165, 1.54) is 0 Å². The van der Waals surface area contributed by atoms with Crippen LogP contribution in [0.5, 0.6) is 0 Å². The molecule has 23 heavy (non-hydrogen) atoms. The maximum Gasteiger partial charge on any atom is 0.191 e. The molecule has 2 N–H and O–H groups in total. The van der Waals surface area contributed by atoms with Gasteiger partial charge in [-0.2, -0.15) is 0 Å². The molecule has 1 aromatic carbocycles. The fourth-order valence-electron chi connectivity index (χ4n) is 2.03. The SMILES string of the molecule is CN=C(NCc1cc(-c2ccccc2)on1)NC(C)COC.I. The summed E-state index contributed by atoms with van der Waals surface area (Å²) in [6.45, 7) is 3.18. The summed E-state index contributed by atoms with van der Waals surface area (Å²) in [7, 11) is 3.40. The van der Waals surface area contributed by atoms with Crippen molar-refractivity contribution in [2.24, 2.45) is 4.99 Å². The Hall–Kier alpha value is -1.61. The van der Waals surface area contributed by atoms with Crippen molar-refractivity contribution in [1.82, 2.24) is 15.8 Å². The molecule has 0 aliphatic carbocycles. The first-order valence-corrected chi connectivity index (χ1v) is 7.20. The molecule has 0 fully saturated rings. The molecule has 126 valence electrons. The highest BCUT2D eigenvalue weighted by molar-refractivity contribution is 14.0. The van der Waals surface area contributed by atoms with Gasteiger partial charge in [0.25, 0.3) is 0 Å². The zero-order chi connectivity index (χ0) is 15.8. The molecule has 0 radical (unpaired) electrons. The summed E-state index contributed by atoms with van der Waals surface area (Å²) in [4.78, 5) is 4.17. The third kappa shape index (κ3) is 6.19. The molecular weight excluding hydrogens is 407 g/mol. The predicted octanol–water partition coefficient (Wildman–Crippen LogP) is 2.66. The molecule has 1 unspecified atom stereocenters. The molecule has 6 nitrogen and oxygen atoms in total. The van der Waals surface area contributed by atoms with Crippen LogP contribution in [0, 0.1) is 0 Å². The number of halogens is 1. The van der Waals surface area contributed by atoms with Gasteiger partial charge >= 0.3 is 0 Å². The largest absolute Gasteiger partial charge is 0.383 e. The Bertz CT molecular complexity index is 601. The van der Waals surface area contributed by atoms with Crippen molar-refractivity contribution in [3.8, 4) is 11.3 Å². The minimum absolute atomic E-state index is 0. The molecule has 0 aliphatic heterocycles. The summed E-state index contributed by atoms with van der Waals surface area (Å²) in [5.41, 5.74) is 1.83. The van der Waals surface area contributed by atoms with Crippen LogP contribution in [-0.2, 0) is 11.3 Å². The summed E-state index contributed by atoms with van der Waals surface area (Å²) in [6.07, 6.45) is 0. The van der Waals surface area contributed by atoms with Gasteiger partial charge in [-0.15, -0.1) is 24.0 Å². The van der Waals surface area contributed by atoms with Crippen molar-refractivity contribution < 1.29 is 9.26 Å². The first-order chi connectivity index (χ1) is 10.7. The van der Waals surface area contributed by atoms with E-state index in [1.54, 1.807) is 14.2 Å². The number of nitrogens with zero attached hydrogens (tertiary/aromatic N) is 2. The maximum atomic E-state index is 5.37. The minimum Gasteiger partial charge on any atom is -0.383 e. The van der Waals surface area contributed by atoms with Gasteiger partial charge in [-0.25, -0.2) is 0 Å². The molecule has 1 atom stereocenters. The highest BCUT2D eigenvalue weighted by atomic mass is 127. The Balaban J connectivity index is 0.00000264. The smallest absolute Gasteiger partial charge is 0.191 e. The topological polar surface area (TPSA) is 71.7 Å². The number of hydrogen-bond acceptors (Lipinski definition) is 4. The van der Waals surface area contributed by atoms with Crippen molar-refractivity contribution >= 4 is 29.9 Å². The lowest BCUT2D eigenvalue weighted by Gasteiger charge is -2.16. The maximum absolute atomic E-state index is 5.37. The summed E-state index contributed by atoms with van der Waals surface area (Å²) < 4.78 is 10.5. The second kappa shape index (κ2) is 10.2.